The maximum absolute atomic E-state index is 12.5. The average molecular weight is 396 g/mol. The first kappa shape index (κ1) is 18.5. The molecule has 5 rings (SSSR count). The van der Waals surface area contributed by atoms with Crippen LogP contribution in [0.4, 0.5) is 10.5 Å². The minimum Gasteiger partial charge on any atom is -0.492 e. The van der Waals surface area contributed by atoms with Crippen molar-refractivity contribution in [3.8, 4) is 16.9 Å². The van der Waals surface area contributed by atoms with E-state index in [2.05, 4.69) is 34.3 Å². The SMILES string of the molecule is COC(=O)N1c2ccc(-c3cnn(C4CC4)c3)c(OCC3CNC3)c2CC[C@@H]1C. The van der Waals surface area contributed by atoms with Crippen molar-refractivity contribution >= 4 is 11.8 Å². The van der Waals surface area contributed by atoms with Gasteiger partial charge in [0.15, 0.2) is 0 Å². The fraction of sp³-hybridized carbons (Fsp3) is 0.545. The number of ether oxygens (including phenoxy) is 2. The molecule has 2 aromatic rings. The van der Waals surface area contributed by atoms with Gasteiger partial charge in [-0.1, -0.05) is 0 Å². The van der Waals surface area contributed by atoms with Crippen LogP contribution >= 0.6 is 0 Å². The molecule has 1 aromatic carbocycles. The van der Waals surface area contributed by atoms with Crippen molar-refractivity contribution in [2.45, 2.75) is 44.7 Å². The van der Waals surface area contributed by atoms with Crippen molar-refractivity contribution in [1.82, 2.24) is 15.1 Å². The molecule has 1 saturated heterocycles. The monoisotopic (exact) mass is 396 g/mol. The molecule has 1 aliphatic carbocycles. The molecule has 1 aromatic heterocycles. The predicted molar refractivity (Wildman–Crippen MR) is 110 cm³/mol. The molecular formula is C22H28N4O3. The van der Waals surface area contributed by atoms with Gasteiger partial charge in [0.2, 0.25) is 0 Å². The van der Waals surface area contributed by atoms with E-state index >= 15 is 0 Å². The zero-order valence-corrected chi connectivity index (χ0v) is 17.1. The Balaban J connectivity index is 1.55. The summed E-state index contributed by atoms with van der Waals surface area (Å²) < 4.78 is 13.5. The smallest absolute Gasteiger partial charge is 0.414 e. The van der Waals surface area contributed by atoms with E-state index in [-0.39, 0.29) is 12.1 Å². The Bertz CT molecular complexity index is 917. The molecule has 1 saturated carbocycles. The van der Waals surface area contributed by atoms with Crippen LogP contribution in [0.1, 0.15) is 37.8 Å². The van der Waals surface area contributed by atoms with Crippen molar-refractivity contribution in [2.24, 2.45) is 5.92 Å². The number of methoxy groups -OCH3 is 1. The molecule has 1 amide bonds. The lowest BCUT2D eigenvalue weighted by Crippen LogP contribution is -2.45. The third-order valence-electron chi connectivity index (χ3n) is 6.28. The molecule has 0 spiro atoms. The Hall–Kier alpha value is -2.54. The van der Waals surface area contributed by atoms with Gasteiger partial charge in [0.1, 0.15) is 5.75 Å². The lowest BCUT2D eigenvalue weighted by atomic mass is 9.92. The van der Waals surface area contributed by atoms with Crippen LogP contribution in [0.15, 0.2) is 24.5 Å². The van der Waals surface area contributed by atoms with E-state index in [4.69, 9.17) is 9.47 Å². The molecule has 0 unspecified atom stereocenters. The van der Waals surface area contributed by atoms with Crippen LogP contribution in [0, 0.1) is 5.92 Å². The summed E-state index contributed by atoms with van der Waals surface area (Å²) in [6, 6.07) is 4.74. The summed E-state index contributed by atoms with van der Waals surface area (Å²) in [5.41, 5.74) is 4.13. The molecule has 29 heavy (non-hydrogen) atoms. The normalized spacial score (nSPS) is 21.4. The van der Waals surface area contributed by atoms with Crippen LogP contribution in [0.3, 0.4) is 0 Å². The number of nitrogens with zero attached hydrogens (tertiary/aromatic N) is 3. The number of amides is 1. The third-order valence-corrected chi connectivity index (χ3v) is 6.28. The Labute approximate surface area is 171 Å². The molecule has 1 N–H and O–H groups in total. The number of fused-ring (bicyclic) bond motifs is 1. The van der Waals surface area contributed by atoms with Crippen LogP contribution in [-0.2, 0) is 11.2 Å². The van der Waals surface area contributed by atoms with E-state index in [9.17, 15) is 4.79 Å². The Morgan fingerprint density at radius 3 is 2.79 bits per heavy atom. The standard InChI is InChI=1S/C22H28N4O3/c1-14-3-6-19-20(26(14)22(27)28-2)8-7-18(21(19)29-13-15-9-23-10-15)16-11-24-25(12-16)17-4-5-17/h7-8,11-12,14-15,17,23H,3-6,9-10,13H2,1-2H3/t14-/m0/s1. The number of rotatable bonds is 5. The maximum Gasteiger partial charge on any atom is 0.414 e. The van der Waals surface area contributed by atoms with Crippen LogP contribution < -0.4 is 15.0 Å². The molecule has 7 heteroatoms. The highest BCUT2D eigenvalue weighted by atomic mass is 16.5. The summed E-state index contributed by atoms with van der Waals surface area (Å²) in [7, 11) is 1.44. The predicted octanol–water partition coefficient (Wildman–Crippen LogP) is 3.39. The van der Waals surface area contributed by atoms with Crippen molar-refractivity contribution < 1.29 is 14.3 Å². The summed E-state index contributed by atoms with van der Waals surface area (Å²) in [5.74, 6) is 1.43. The van der Waals surface area contributed by atoms with Gasteiger partial charge in [-0.25, -0.2) is 4.79 Å². The van der Waals surface area contributed by atoms with Gasteiger partial charge in [0.25, 0.3) is 0 Å². The van der Waals surface area contributed by atoms with Gasteiger partial charge in [-0.3, -0.25) is 9.58 Å². The highest BCUT2D eigenvalue weighted by Crippen LogP contribution is 2.44. The number of carbonyl (C=O) groups excluding carboxylic acids is 1. The molecule has 0 radical (unpaired) electrons. The van der Waals surface area contributed by atoms with E-state index in [0.29, 0.717) is 18.6 Å². The first-order valence-corrected chi connectivity index (χ1v) is 10.6. The number of carbonyl (C=O) groups is 1. The highest BCUT2D eigenvalue weighted by Gasteiger charge is 2.33. The second-order valence-corrected chi connectivity index (χ2v) is 8.44. The van der Waals surface area contributed by atoms with Crippen molar-refractivity contribution in [3.63, 3.8) is 0 Å². The average Bonchev–Trinajstić information content (AvgIpc) is 3.43. The summed E-state index contributed by atoms with van der Waals surface area (Å²) >= 11 is 0. The van der Waals surface area contributed by atoms with Gasteiger partial charge in [-0.15, -0.1) is 0 Å². The minimum atomic E-state index is -0.318. The van der Waals surface area contributed by atoms with Crippen molar-refractivity contribution in [3.05, 3.63) is 30.1 Å². The van der Waals surface area contributed by atoms with E-state index in [0.717, 1.165) is 54.1 Å². The number of hydrogen-bond donors (Lipinski definition) is 1. The minimum absolute atomic E-state index is 0.0992. The molecule has 3 heterocycles. The number of anilines is 1. The fourth-order valence-electron chi connectivity index (χ4n) is 4.26. The molecular weight excluding hydrogens is 368 g/mol. The number of benzene rings is 1. The summed E-state index contributed by atoms with van der Waals surface area (Å²) in [5, 5.41) is 7.87. The second kappa shape index (κ2) is 7.37. The molecule has 3 aliphatic rings. The number of nitrogens with one attached hydrogen (secondary N) is 1. The van der Waals surface area contributed by atoms with E-state index in [1.165, 1.54) is 20.0 Å². The van der Waals surface area contributed by atoms with Gasteiger partial charge in [-0.2, -0.15) is 5.10 Å². The first-order valence-electron chi connectivity index (χ1n) is 10.6. The van der Waals surface area contributed by atoms with Crippen LogP contribution in [0.2, 0.25) is 0 Å². The van der Waals surface area contributed by atoms with Gasteiger partial charge in [-0.05, 0) is 44.7 Å². The van der Waals surface area contributed by atoms with Crippen LogP contribution in [0.25, 0.3) is 11.1 Å². The van der Waals surface area contributed by atoms with Gasteiger partial charge < -0.3 is 14.8 Å². The van der Waals surface area contributed by atoms with Gasteiger partial charge in [0, 0.05) is 47.9 Å². The largest absolute Gasteiger partial charge is 0.492 e. The van der Waals surface area contributed by atoms with Crippen LogP contribution in [-0.4, -0.2) is 48.7 Å². The zero-order valence-electron chi connectivity index (χ0n) is 17.1. The Morgan fingerprint density at radius 1 is 1.28 bits per heavy atom. The van der Waals surface area contributed by atoms with E-state index in [1.54, 1.807) is 4.90 Å². The highest BCUT2D eigenvalue weighted by molar-refractivity contribution is 5.92. The second-order valence-electron chi connectivity index (χ2n) is 8.44. The first-order chi connectivity index (χ1) is 14.2. The van der Waals surface area contributed by atoms with Crippen molar-refractivity contribution in [2.75, 3.05) is 31.7 Å². The Kier molecular flexibility index (Phi) is 4.70. The van der Waals surface area contributed by atoms with E-state index in [1.807, 2.05) is 12.3 Å². The Morgan fingerprint density at radius 2 is 2.10 bits per heavy atom. The molecule has 2 fully saturated rings. The number of aromatic nitrogens is 2. The van der Waals surface area contributed by atoms with Gasteiger partial charge in [0.05, 0.1) is 31.6 Å². The summed E-state index contributed by atoms with van der Waals surface area (Å²) in [6.45, 7) is 4.74. The van der Waals surface area contributed by atoms with Gasteiger partial charge >= 0.3 is 6.09 Å². The molecule has 7 nitrogen and oxygen atoms in total. The summed E-state index contributed by atoms with van der Waals surface area (Å²) in [4.78, 5) is 14.2. The lowest BCUT2D eigenvalue weighted by Gasteiger charge is -2.36. The van der Waals surface area contributed by atoms with E-state index < -0.39 is 0 Å². The topological polar surface area (TPSA) is 68.6 Å². The lowest BCUT2D eigenvalue weighted by molar-refractivity contribution is 0.175. The quantitative estimate of drug-likeness (QED) is 0.839. The zero-order chi connectivity index (χ0) is 20.0. The number of hydrogen-bond acceptors (Lipinski definition) is 5. The maximum atomic E-state index is 12.5. The van der Waals surface area contributed by atoms with Crippen LogP contribution in [0.5, 0.6) is 5.75 Å². The molecule has 154 valence electrons. The third kappa shape index (κ3) is 3.37. The fourth-order valence-corrected chi connectivity index (χ4v) is 4.26. The van der Waals surface area contributed by atoms with Crippen molar-refractivity contribution in [1.29, 1.82) is 0 Å². The molecule has 1 atom stereocenters. The summed E-state index contributed by atoms with van der Waals surface area (Å²) in [6.07, 6.45) is 7.91. The molecule has 0 bridgehead atoms. The molecule has 2 aliphatic heterocycles.